The van der Waals surface area contributed by atoms with Gasteiger partial charge in [0, 0.05) is 11.1 Å². The number of pyridine rings is 1. The standard InChI is InChI=1S/C20H16N4O2/c1-13-21-19(26-24-13)12-15-7-3-5-9-17(15)23-20(25)18-11-10-14-6-2-4-8-16(14)22-18/h2-11H,12H2,1H3,(H,23,25). The number of hydrogen-bond donors (Lipinski definition) is 1. The van der Waals surface area contributed by atoms with Crippen molar-refractivity contribution < 1.29 is 9.32 Å². The fourth-order valence-electron chi connectivity index (χ4n) is 2.75. The van der Waals surface area contributed by atoms with Gasteiger partial charge in [0.15, 0.2) is 5.82 Å². The number of para-hydroxylation sites is 2. The average molecular weight is 344 g/mol. The molecule has 0 aliphatic heterocycles. The van der Waals surface area contributed by atoms with E-state index >= 15 is 0 Å². The largest absolute Gasteiger partial charge is 0.339 e. The zero-order chi connectivity index (χ0) is 17.9. The molecule has 0 unspecified atom stereocenters. The summed E-state index contributed by atoms with van der Waals surface area (Å²) in [7, 11) is 0. The molecule has 0 radical (unpaired) electrons. The number of carbonyl (C=O) groups excluding carboxylic acids is 1. The lowest BCUT2D eigenvalue weighted by molar-refractivity contribution is 0.102. The van der Waals surface area contributed by atoms with E-state index in [9.17, 15) is 4.79 Å². The Morgan fingerprint density at radius 2 is 1.81 bits per heavy atom. The Kier molecular flexibility index (Phi) is 4.15. The molecule has 0 aliphatic carbocycles. The average Bonchev–Trinajstić information content (AvgIpc) is 3.07. The summed E-state index contributed by atoms with van der Waals surface area (Å²) in [5.74, 6) is 0.833. The molecule has 0 bridgehead atoms. The summed E-state index contributed by atoms with van der Waals surface area (Å²) >= 11 is 0. The smallest absolute Gasteiger partial charge is 0.274 e. The topological polar surface area (TPSA) is 80.9 Å². The summed E-state index contributed by atoms with van der Waals surface area (Å²) in [4.78, 5) is 21.3. The molecule has 0 fully saturated rings. The van der Waals surface area contributed by atoms with Crippen LogP contribution in [0.25, 0.3) is 10.9 Å². The molecule has 26 heavy (non-hydrogen) atoms. The minimum atomic E-state index is -0.259. The first kappa shape index (κ1) is 16.0. The van der Waals surface area contributed by atoms with Crippen molar-refractivity contribution in [3.8, 4) is 0 Å². The molecule has 1 amide bonds. The van der Waals surface area contributed by atoms with Crippen molar-refractivity contribution >= 4 is 22.5 Å². The molecule has 0 saturated carbocycles. The first-order chi connectivity index (χ1) is 12.7. The van der Waals surface area contributed by atoms with Crippen LogP contribution in [0, 0.1) is 6.92 Å². The molecule has 4 rings (SSSR count). The fraction of sp³-hybridized carbons (Fsp3) is 0.100. The highest BCUT2D eigenvalue weighted by Gasteiger charge is 2.13. The molecule has 0 aliphatic rings. The van der Waals surface area contributed by atoms with Crippen LogP contribution < -0.4 is 5.32 Å². The number of carbonyl (C=O) groups is 1. The maximum atomic E-state index is 12.6. The third kappa shape index (κ3) is 3.30. The molecule has 1 N–H and O–H groups in total. The SMILES string of the molecule is Cc1noc(Cc2ccccc2NC(=O)c2ccc3ccccc3n2)n1. The summed E-state index contributed by atoms with van der Waals surface area (Å²) in [5, 5.41) is 7.72. The van der Waals surface area contributed by atoms with Gasteiger partial charge in [0.05, 0.1) is 11.9 Å². The van der Waals surface area contributed by atoms with E-state index in [1.54, 1.807) is 13.0 Å². The van der Waals surface area contributed by atoms with E-state index in [0.29, 0.717) is 29.5 Å². The van der Waals surface area contributed by atoms with Crippen LogP contribution in [-0.4, -0.2) is 21.0 Å². The molecule has 6 nitrogen and oxygen atoms in total. The summed E-state index contributed by atoms with van der Waals surface area (Å²) in [6.45, 7) is 1.77. The first-order valence-corrected chi connectivity index (χ1v) is 8.23. The summed E-state index contributed by atoms with van der Waals surface area (Å²) < 4.78 is 5.17. The highest BCUT2D eigenvalue weighted by atomic mass is 16.5. The quantitative estimate of drug-likeness (QED) is 0.609. The molecule has 4 aromatic rings. The molecular weight excluding hydrogens is 328 g/mol. The van der Waals surface area contributed by atoms with Gasteiger partial charge >= 0.3 is 0 Å². The summed E-state index contributed by atoms with van der Waals surface area (Å²) in [5.41, 5.74) is 2.75. The Hall–Kier alpha value is -3.54. The molecule has 0 saturated heterocycles. The van der Waals surface area contributed by atoms with Gasteiger partial charge in [-0.05, 0) is 30.7 Å². The normalized spacial score (nSPS) is 10.8. The highest BCUT2D eigenvalue weighted by molar-refractivity contribution is 6.04. The number of benzene rings is 2. The van der Waals surface area contributed by atoms with Crippen molar-refractivity contribution in [1.29, 1.82) is 0 Å². The molecule has 128 valence electrons. The van der Waals surface area contributed by atoms with E-state index in [2.05, 4.69) is 20.4 Å². The Balaban J connectivity index is 1.59. The number of anilines is 1. The van der Waals surface area contributed by atoms with Crippen LogP contribution in [0.15, 0.2) is 65.2 Å². The second-order valence-electron chi connectivity index (χ2n) is 5.91. The van der Waals surface area contributed by atoms with E-state index in [0.717, 1.165) is 16.5 Å². The van der Waals surface area contributed by atoms with Crippen molar-refractivity contribution in [2.24, 2.45) is 0 Å². The molecule has 0 atom stereocenters. The van der Waals surface area contributed by atoms with Gasteiger partial charge < -0.3 is 9.84 Å². The Labute approximate surface area is 149 Å². The van der Waals surface area contributed by atoms with E-state index in [1.165, 1.54) is 0 Å². The molecule has 0 spiro atoms. The maximum absolute atomic E-state index is 12.6. The van der Waals surface area contributed by atoms with Gasteiger partial charge in [-0.15, -0.1) is 0 Å². The van der Waals surface area contributed by atoms with Gasteiger partial charge in [-0.1, -0.05) is 47.6 Å². The zero-order valence-electron chi connectivity index (χ0n) is 14.1. The van der Waals surface area contributed by atoms with Crippen LogP contribution in [0.3, 0.4) is 0 Å². The number of hydrogen-bond acceptors (Lipinski definition) is 5. The summed E-state index contributed by atoms with van der Waals surface area (Å²) in [6.07, 6.45) is 0.447. The number of fused-ring (bicyclic) bond motifs is 1. The van der Waals surface area contributed by atoms with Gasteiger partial charge in [-0.25, -0.2) is 4.98 Å². The molecular formula is C20H16N4O2. The molecule has 6 heteroatoms. The van der Waals surface area contributed by atoms with Crippen LogP contribution in [0.2, 0.25) is 0 Å². The number of aromatic nitrogens is 3. The second kappa shape index (κ2) is 6.76. The van der Waals surface area contributed by atoms with Crippen LogP contribution in [0.4, 0.5) is 5.69 Å². The van der Waals surface area contributed by atoms with Crippen LogP contribution in [0.1, 0.15) is 27.8 Å². The minimum Gasteiger partial charge on any atom is -0.339 e. The monoisotopic (exact) mass is 344 g/mol. The lowest BCUT2D eigenvalue weighted by Gasteiger charge is -2.10. The second-order valence-corrected chi connectivity index (χ2v) is 5.91. The van der Waals surface area contributed by atoms with Crippen molar-refractivity contribution in [1.82, 2.24) is 15.1 Å². The Morgan fingerprint density at radius 1 is 1.00 bits per heavy atom. The molecule has 2 aromatic carbocycles. The maximum Gasteiger partial charge on any atom is 0.274 e. The lowest BCUT2D eigenvalue weighted by atomic mass is 10.1. The predicted octanol–water partition coefficient (Wildman–Crippen LogP) is 3.77. The number of aryl methyl sites for hydroxylation is 1. The van der Waals surface area contributed by atoms with E-state index in [4.69, 9.17) is 4.52 Å². The third-order valence-electron chi connectivity index (χ3n) is 4.01. The molecule has 2 heterocycles. The number of nitrogens with one attached hydrogen (secondary N) is 1. The van der Waals surface area contributed by atoms with Crippen molar-refractivity contribution in [2.45, 2.75) is 13.3 Å². The zero-order valence-corrected chi connectivity index (χ0v) is 14.1. The van der Waals surface area contributed by atoms with Gasteiger partial charge in [0.2, 0.25) is 5.89 Å². The highest BCUT2D eigenvalue weighted by Crippen LogP contribution is 2.20. The van der Waals surface area contributed by atoms with Crippen LogP contribution in [0.5, 0.6) is 0 Å². The number of amides is 1. The Bertz CT molecular complexity index is 1090. The first-order valence-electron chi connectivity index (χ1n) is 8.23. The molecule has 2 aromatic heterocycles. The fourth-order valence-corrected chi connectivity index (χ4v) is 2.75. The van der Waals surface area contributed by atoms with Gasteiger partial charge in [0.25, 0.3) is 5.91 Å². The third-order valence-corrected chi connectivity index (χ3v) is 4.01. The summed E-state index contributed by atoms with van der Waals surface area (Å²) in [6, 6.07) is 18.8. The predicted molar refractivity (Wildman–Crippen MR) is 98.0 cm³/mol. The van der Waals surface area contributed by atoms with Crippen molar-refractivity contribution in [3.05, 3.63) is 83.6 Å². The van der Waals surface area contributed by atoms with E-state index < -0.39 is 0 Å². The minimum absolute atomic E-state index is 0.259. The number of nitrogens with zero attached hydrogens (tertiary/aromatic N) is 3. The van der Waals surface area contributed by atoms with Gasteiger partial charge in [-0.3, -0.25) is 4.79 Å². The van der Waals surface area contributed by atoms with Gasteiger partial charge in [-0.2, -0.15) is 4.98 Å². The van der Waals surface area contributed by atoms with Crippen molar-refractivity contribution in [2.75, 3.05) is 5.32 Å². The Morgan fingerprint density at radius 3 is 2.65 bits per heavy atom. The van der Waals surface area contributed by atoms with Gasteiger partial charge in [0.1, 0.15) is 5.69 Å². The lowest BCUT2D eigenvalue weighted by Crippen LogP contribution is -2.15. The van der Waals surface area contributed by atoms with E-state index in [1.807, 2.05) is 54.6 Å². The van der Waals surface area contributed by atoms with Crippen LogP contribution in [-0.2, 0) is 6.42 Å². The van der Waals surface area contributed by atoms with E-state index in [-0.39, 0.29) is 5.91 Å². The number of rotatable bonds is 4. The van der Waals surface area contributed by atoms with Crippen LogP contribution >= 0.6 is 0 Å². The van der Waals surface area contributed by atoms with Crippen molar-refractivity contribution in [3.63, 3.8) is 0 Å².